The van der Waals surface area contributed by atoms with Gasteiger partial charge in [0.2, 0.25) is 0 Å². The van der Waals surface area contributed by atoms with Crippen molar-refractivity contribution in [3.8, 4) is 5.75 Å². The van der Waals surface area contributed by atoms with Crippen LogP contribution in [0.2, 0.25) is 0 Å². The van der Waals surface area contributed by atoms with Gasteiger partial charge in [-0.1, -0.05) is 26.5 Å². The number of hydrogen-bond donors (Lipinski definition) is 1. The van der Waals surface area contributed by atoms with Crippen molar-refractivity contribution < 1.29 is 14.3 Å². The van der Waals surface area contributed by atoms with Gasteiger partial charge in [-0.2, -0.15) is 0 Å². The van der Waals surface area contributed by atoms with Crippen LogP contribution in [0.1, 0.15) is 27.2 Å². The first kappa shape index (κ1) is 18.3. The van der Waals surface area contributed by atoms with Gasteiger partial charge in [-0.3, -0.25) is 0 Å². The first-order chi connectivity index (χ1) is 11.5. The van der Waals surface area contributed by atoms with E-state index in [-0.39, 0.29) is 12.1 Å². The van der Waals surface area contributed by atoms with Crippen molar-refractivity contribution >= 4 is 11.7 Å². The van der Waals surface area contributed by atoms with E-state index >= 15 is 0 Å². The van der Waals surface area contributed by atoms with Crippen molar-refractivity contribution in [1.82, 2.24) is 4.90 Å². The summed E-state index contributed by atoms with van der Waals surface area (Å²) in [4.78, 5) is 14.5. The maximum absolute atomic E-state index is 12.6. The number of carbonyl (C=O) groups excluding carboxylic acids is 1. The van der Waals surface area contributed by atoms with Gasteiger partial charge in [0, 0.05) is 18.3 Å². The fraction of sp³-hybridized carbons (Fsp3) is 0.526. The normalized spacial score (nSPS) is 17.7. The molecule has 1 atom stereocenters. The van der Waals surface area contributed by atoms with Crippen LogP contribution in [-0.4, -0.2) is 43.3 Å². The minimum absolute atomic E-state index is 0.0824. The Hall–Kier alpha value is -2.01. The number of nitrogens with zero attached hydrogens (tertiary/aromatic N) is 1. The van der Waals surface area contributed by atoms with Crippen molar-refractivity contribution in [2.45, 2.75) is 33.2 Å². The first-order valence-electron chi connectivity index (χ1n) is 8.48. The number of amides is 2. The highest BCUT2D eigenvalue weighted by Gasteiger charge is 2.27. The van der Waals surface area contributed by atoms with Crippen LogP contribution < -0.4 is 10.1 Å². The van der Waals surface area contributed by atoms with Crippen LogP contribution >= 0.6 is 0 Å². The molecule has 0 saturated carbocycles. The minimum Gasteiger partial charge on any atom is -0.489 e. The Labute approximate surface area is 144 Å². The van der Waals surface area contributed by atoms with Gasteiger partial charge in [-0.25, -0.2) is 4.79 Å². The number of ether oxygens (including phenoxy) is 2. The number of morpholine rings is 1. The Balaban J connectivity index is 1.99. The second kappa shape index (κ2) is 8.73. The summed E-state index contributed by atoms with van der Waals surface area (Å²) < 4.78 is 11.2. The zero-order chi connectivity index (χ0) is 17.5. The average molecular weight is 332 g/mol. The molecule has 1 aromatic rings. The second-order valence-electron chi connectivity index (χ2n) is 6.76. The van der Waals surface area contributed by atoms with Gasteiger partial charge in [-0.15, -0.1) is 0 Å². The van der Waals surface area contributed by atoms with Gasteiger partial charge >= 0.3 is 6.03 Å². The summed E-state index contributed by atoms with van der Waals surface area (Å²) in [6, 6.07) is 7.48. The number of carbonyl (C=O) groups is 1. The van der Waals surface area contributed by atoms with Crippen LogP contribution in [0.15, 0.2) is 36.4 Å². The van der Waals surface area contributed by atoms with Gasteiger partial charge in [-0.05, 0) is 37.0 Å². The molecule has 0 aliphatic carbocycles. The van der Waals surface area contributed by atoms with Crippen LogP contribution in [0.5, 0.6) is 5.75 Å². The third kappa shape index (κ3) is 5.57. The molecule has 1 unspecified atom stereocenters. The fourth-order valence-corrected chi connectivity index (χ4v) is 2.73. The molecule has 5 nitrogen and oxygen atoms in total. The summed E-state index contributed by atoms with van der Waals surface area (Å²) in [5.74, 6) is 1.24. The highest BCUT2D eigenvalue weighted by Crippen LogP contribution is 2.20. The third-order valence-electron chi connectivity index (χ3n) is 3.80. The van der Waals surface area contributed by atoms with E-state index in [1.807, 2.05) is 36.1 Å². The first-order valence-corrected chi connectivity index (χ1v) is 8.48. The Morgan fingerprint density at radius 3 is 3.00 bits per heavy atom. The van der Waals surface area contributed by atoms with Crippen molar-refractivity contribution in [2.24, 2.45) is 5.92 Å². The van der Waals surface area contributed by atoms with E-state index in [1.165, 1.54) is 0 Å². The zero-order valence-electron chi connectivity index (χ0n) is 14.9. The van der Waals surface area contributed by atoms with Gasteiger partial charge in [0.25, 0.3) is 0 Å². The molecule has 1 aliphatic heterocycles. The summed E-state index contributed by atoms with van der Waals surface area (Å²) in [6.45, 7) is 12.3. The van der Waals surface area contributed by atoms with E-state index in [4.69, 9.17) is 9.47 Å². The molecule has 0 radical (unpaired) electrons. The van der Waals surface area contributed by atoms with Crippen LogP contribution in [0.3, 0.4) is 0 Å². The number of nitrogens with one attached hydrogen (secondary N) is 1. The van der Waals surface area contributed by atoms with Gasteiger partial charge in [0.1, 0.15) is 12.4 Å². The zero-order valence-corrected chi connectivity index (χ0v) is 14.9. The summed E-state index contributed by atoms with van der Waals surface area (Å²) in [5.41, 5.74) is 1.68. The molecule has 0 spiro atoms. The van der Waals surface area contributed by atoms with E-state index in [0.29, 0.717) is 32.3 Å². The van der Waals surface area contributed by atoms with E-state index < -0.39 is 0 Å². The summed E-state index contributed by atoms with van der Waals surface area (Å²) in [7, 11) is 0. The molecule has 1 aromatic carbocycles. The molecule has 5 heteroatoms. The molecule has 1 N–H and O–H groups in total. The Kier molecular flexibility index (Phi) is 6.67. The lowest BCUT2D eigenvalue weighted by Crippen LogP contribution is -2.50. The lowest BCUT2D eigenvalue weighted by atomic mass is 10.0. The number of rotatable bonds is 6. The smallest absolute Gasteiger partial charge is 0.322 e. The number of urea groups is 1. The van der Waals surface area contributed by atoms with Gasteiger partial charge < -0.3 is 19.7 Å². The molecule has 1 saturated heterocycles. The summed E-state index contributed by atoms with van der Waals surface area (Å²) in [6.07, 6.45) is 0.940. The van der Waals surface area contributed by atoms with Crippen LogP contribution in [0, 0.1) is 5.92 Å². The highest BCUT2D eigenvalue weighted by atomic mass is 16.5. The Morgan fingerprint density at radius 2 is 2.29 bits per heavy atom. The third-order valence-corrected chi connectivity index (χ3v) is 3.80. The fourth-order valence-electron chi connectivity index (χ4n) is 2.73. The van der Waals surface area contributed by atoms with Crippen molar-refractivity contribution in [1.29, 1.82) is 0 Å². The standard InChI is InChI=1S/C19H28N2O3/c1-14(2)10-17-13-23-9-8-21(17)19(22)20-16-6-5-7-18(11-16)24-12-15(3)4/h5-7,11,14,17H,3,8-10,12-13H2,1-2,4H3,(H,20,22). The van der Waals surface area contributed by atoms with Crippen LogP contribution in [0.25, 0.3) is 0 Å². The average Bonchev–Trinajstić information content (AvgIpc) is 2.53. The topological polar surface area (TPSA) is 50.8 Å². The van der Waals surface area contributed by atoms with Crippen molar-refractivity contribution in [3.05, 3.63) is 36.4 Å². The number of hydrogen-bond acceptors (Lipinski definition) is 3. The molecular formula is C19H28N2O3. The molecule has 1 heterocycles. The molecule has 0 aromatic heterocycles. The quantitative estimate of drug-likeness (QED) is 0.803. The lowest BCUT2D eigenvalue weighted by molar-refractivity contribution is 0.00857. The molecule has 1 aliphatic rings. The molecular weight excluding hydrogens is 304 g/mol. The van der Waals surface area contributed by atoms with Crippen LogP contribution in [0.4, 0.5) is 10.5 Å². The lowest BCUT2D eigenvalue weighted by Gasteiger charge is -2.36. The van der Waals surface area contributed by atoms with Crippen LogP contribution in [-0.2, 0) is 4.74 Å². The number of anilines is 1. The Bertz CT molecular complexity index is 571. The maximum Gasteiger partial charge on any atom is 0.322 e. The van der Waals surface area contributed by atoms with Crippen molar-refractivity contribution in [3.63, 3.8) is 0 Å². The SMILES string of the molecule is C=C(C)COc1cccc(NC(=O)N2CCOCC2CC(C)C)c1. The van der Waals surface area contributed by atoms with E-state index in [1.54, 1.807) is 0 Å². The molecule has 0 bridgehead atoms. The monoisotopic (exact) mass is 332 g/mol. The molecule has 24 heavy (non-hydrogen) atoms. The summed E-state index contributed by atoms with van der Waals surface area (Å²) >= 11 is 0. The molecule has 2 amide bonds. The maximum atomic E-state index is 12.6. The highest BCUT2D eigenvalue weighted by molar-refractivity contribution is 5.89. The number of benzene rings is 1. The van der Waals surface area contributed by atoms with Crippen molar-refractivity contribution in [2.75, 3.05) is 31.7 Å². The van der Waals surface area contributed by atoms with E-state index in [9.17, 15) is 4.79 Å². The minimum atomic E-state index is -0.0824. The van der Waals surface area contributed by atoms with Gasteiger partial charge in [0.15, 0.2) is 0 Å². The van der Waals surface area contributed by atoms with E-state index in [2.05, 4.69) is 25.7 Å². The molecule has 1 fully saturated rings. The predicted molar refractivity (Wildman–Crippen MR) is 96.5 cm³/mol. The molecule has 2 rings (SSSR count). The second-order valence-corrected chi connectivity index (χ2v) is 6.76. The van der Waals surface area contributed by atoms with E-state index in [0.717, 1.165) is 23.4 Å². The Morgan fingerprint density at radius 1 is 1.50 bits per heavy atom. The summed E-state index contributed by atoms with van der Waals surface area (Å²) in [5, 5.41) is 2.97. The predicted octanol–water partition coefficient (Wildman–Crippen LogP) is 3.92. The largest absolute Gasteiger partial charge is 0.489 e. The van der Waals surface area contributed by atoms with Gasteiger partial charge in [0.05, 0.1) is 19.3 Å². The molecule has 132 valence electrons.